The summed E-state index contributed by atoms with van der Waals surface area (Å²) < 4.78 is 14.1. The van der Waals surface area contributed by atoms with E-state index in [0.717, 1.165) is 28.3 Å². The van der Waals surface area contributed by atoms with E-state index in [2.05, 4.69) is 10.2 Å². The summed E-state index contributed by atoms with van der Waals surface area (Å²) in [5.74, 6) is 0.545. The van der Waals surface area contributed by atoms with Crippen LogP contribution >= 0.6 is 23.1 Å². The number of nitrogens with one attached hydrogen (secondary N) is 1. The van der Waals surface area contributed by atoms with Crippen molar-refractivity contribution < 1.29 is 9.18 Å². The third-order valence-electron chi connectivity index (χ3n) is 4.46. The van der Waals surface area contributed by atoms with Crippen LogP contribution in [0.5, 0.6) is 0 Å². The summed E-state index contributed by atoms with van der Waals surface area (Å²) in [7, 11) is 0. The zero-order valence-corrected chi connectivity index (χ0v) is 15.7. The van der Waals surface area contributed by atoms with Crippen molar-refractivity contribution in [2.24, 2.45) is 0 Å². The lowest BCUT2D eigenvalue weighted by atomic mass is 10.1. The number of benzene rings is 1. The fourth-order valence-corrected chi connectivity index (χ4v) is 5.05. The molecule has 0 bridgehead atoms. The molecule has 134 valence electrons. The fraction of sp³-hybridized carbons (Fsp3) is 0.263. The first-order chi connectivity index (χ1) is 12.7. The van der Waals surface area contributed by atoms with Crippen molar-refractivity contribution in [2.75, 3.05) is 18.8 Å². The van der Waals surface area contributed by atoms with Crippen molar-refractivity contribution in [3.8, 4) is 10.6 Å². The maximum Gasteiger partial charge on any atom is 0.274 e. The molecule has 0 unspecified atom stereocenters. The standard InChI is InChI=1S/C19H18FN3OS2/c20-14-5-2-1-4-13(14)17-7-8-23(9-11-26-17)19(24)16-12-15(21-22-16)18-6-3-10-25-18/h1-6,10,12,17H,7-9,11H2,(H,21,22)/t17-/m1/s1. The highest BCUT2D eigenvalue weighted by molar-refractivity contribution is 7.99. The van der Waals surface area contributed by atoms with Gasteiger partial charge in [-0.25, -0.2) is 4.39 Å². The second kappa shape index (κ2) is 7.63. The van der Waals surface area contributed by atoms with E-state index in [-0.39, 0.29) is 17.0 Å². The molecule has 0 aliphatic carbocycles. The van der Waals surface area contributed by atoms with Crippen LogP contribution in [0.15, 0.2) is 47.8 Å². The smallest absolute Gasteiger partial charge is 0.274 e. The highest BCUT2D eigenvalue weighted by Gasteiger charge is 2.25. The summed E-state index contributed by atoms with van der Waals surface area (Å²) in [5, 5.41) is 9.21. The average molecular weight is 388 g/mol. The molecule has 7 heteroatoms. The largest absolute Gasteiger partial charge is 0.336 e. The number of thioether (sulfide) groups is 1. The Balaban J connectivity index is 1.46. The van der Waals surface area contributed by atoms with Gasteiger partial charge < -0.3 is 4.90 Å². The topological polar surface area (TPSA) is 49.0 Å². The minimum absolute atomic E-state index is 0.0705. The van der Waals surface area contributed by atoms with Gasteiger partial charge in [-0.2, -0.15) is 16.9 Å². The van der Waals surface area contributed by atoms with Gasteiger partial charge in [-0.15, -0.1) is 11.3 Å². The first-order valence-corrected chi connectivity index (χ1v) is 10.4. The van der Waals surface area contributed by atoms with Crippen LogP contribution in [0.3, 0.4) is 0 Å². The van der Waals surface area contributed by atoms with Crippen LogP contribution in [0.25, 0.3) is 10.6 Å². The minimum atomic E-state index is -0.169. The van der Waals surface area contributed by atoms with E-state index in [9.17, 15) is 9.18 Å². The number of H-pyrrole nitrogens is 1. The summed E-state index contributed by atoms with van der Waals surface area (Å²) >= 11 is 3.31. The lowest BCUT2D eigenvalue weighted by Gasteiger charge is -2.19. The highest BCUT2D eigenvalue weighted by atomic mass is 32.2. The molecule has 1 fully saturated rings. The molecule has 3 heterocycles. The highest BCUT2D eigenvalue weighted by Crippen LogP contribution is 2.36. The SMILES string of the molecule is O=C(c1cc(-c2cccs2)[nH]n1)N1CCS[C@@H](c2ccccc2F)CC1. The number of hydrogen-bond acceptors (Lipinski definition) is 4. The van der Waals surface area contributed by atoms with Crippen molar-refractivity contribution in [3.05, 3.63) is 64.9 Å². The number of aromatic amines is 1. The summed E-state index contributed by atoms with van der Waals surface area (Å²) in [5.41, 5.74) is 2.02. The van der Waals surface area contributed by atoms with Gasteiger partial charge in [0.15, 0.2) is 5.69 Å². The van der Waals surface area contributed by atoms with Crippen molar-refractivity contribution in [2.45, 2.75) is 11.7 Å². The molecule has 1 aliphatic rings. The fourth-order valence-electron chi connectivity index (χ4n) is 3.11. The molecule has 0 spiro atoms. The molecule has 1 saturated heterocycles. The van der Waals surface area contributed by atoms with Gasteiger partial charge in [-0.05, 0) is 30.0 Å². The van der Waals surface area contributed by atoms with Gasteiger partial charge in [-0.1, -0.05) is 24.3 Å². The summed E-state index contributed by atoms with van der Waals surface area (Å²) in [6, 6.07) is 12.7. The van der Waals surface area contributed by atoms with Gasteiger partial charge in [-0.3, -0.25) is 9.89 Å². The molecule has 1 aromatic carbocycles. The Morgan fingerprint density at radius 3 is 2.92 bits per heavy atom. The Morgan fingerprint density at radius 1 is 1.23 bits per heavy atom. The number of halogens is 1. The molecular weight excluding hydrogens is 369 g/mol. The van der Waals surface area contributed by atoms with Crippen LogP contribution in [-0.2, 0) is 0 Å². The van der Waals surface area contributed by atoms with E-state index in [4.69, 9.17) is 0 Å². The van der Waals surface area contributed by atoms with E-state index in [1.807, 2.05) is 34.5 Å². The Hall–Kier alpha value is -2.12. The number of amides is 1. The van der Waals surface area contributed by atoms with Crippen LogP contribution in [0.2, 0.25) is 0 Å². The predicted octanol–water partition coefficient (Wildman–Crippen LogP) is 4.60. The first-order valence-electron chi connectivity index (χ1n) is 8.47. The monoisotopic (exact) mass is 387 g/mol. The second-order valence-electron chi connectivity index (χ2n) is 6.11. The molecule has 1 atom stereocenters. The van der Waals surface area contributed by atoms with Crippen LogP contribution in [-0.4, -0.2) is 39.8 Å². The normalized spacial score (nSPS) is 17.9. The van der Waals surface area contributed by atoms with Crippen LogP contribution < -0.4 is 0 Å². The molecule has 4 rings (SSSR count). The molecule has 4 nitrogen and oxygen atoms in total. The summed E-state index contributed by atoms with van der Waals surface area (Å²) in [6.45, 7) is 1.25. The van der Waals surface area contributed by atoms with Crippen molar-refractivity contribution in [1.29, 1.82) is 0 Å². The second-order valence-corrected chi connectivity index (χ2v) is 8.36. The maximum absolute atomic E-state index is 14.1. The molecule has 1 amide bonds. The lowest BCUT2D eigenvalue weighted by Crippen LogP contribution is -2.33. The van der Waals surface area contributed by atoms with E-state index in [0.29, 0.717) is 18.8 Å². The van der Waals surface area contributed by atoms with E-state index >= 15 is 0 Å². The van der Waals surface area contributed by atoms with E-state index < -0.39 is 0 Å². The molecular formula is C19H18FN3OS2. The minimum Gasteiger partial charge on any atom is -0.336 e. The number of thiophene rings is 1. The Kier molecular flexibility index (Phi) is 5.08. The Bertz CT molecular complexity index is 894. The molecule has 3 aromatic rings. The quantitative estimate of drug-likeness (QED) is 0.715. The van der Waals surface area contributed by atoms with E-state index in [1.54, 1.807) is 35.2 Å². The van der Waals surface area contributed by atoms with Crippen LogP contribution in [0.1, 0.15) is 27.7 Å². The Labute approximate surface area is 159 Å². The van der Waals surface area contributed by atoms with Crippen LogP contribution in [0.4, 0.5) is 4.39 Å². The molecule has 1 N–H and O–H groups in total. The van der Waals surface area contributed by atoms with Gasteiger partial charge in [0, 0.05) is 29.7 Å². The lowest BCUT2D eigenvalue weighted by molar-refractivity contribution is 0.0760. The number of hydrogen-bond donors (Lipinski definition) is 1. The maximum atomic E-state index is 14.1. The van der Waals surface area contributed by atoms with E-state index in [1.165, 1.54) is 6.07 Å². The van der Waals surface area contributed by atoms with Gasteiger partial charge in [0.05, 0.1) is 10.6 Å². The van der Waals surface area contributed by atoms with Gasteiger partial charge >= 0.3 is 0 Å². The third kappa shape index (κ3) is 3.54. The molecule has 1 aliphatic heterocycles. The van der Waals surface area contributed by atoms with Crippen molar-refractivity contribution >= 4 is 29.0 Å². The molecule has 2 aromatic heterocycles. The average Bonchev–Trinajstić information content (AvgIpc) is 3.29. The number of carbonyl (C=O) groups excluding carboxylic acids is 1. The summed E-state index contributed by atoms with van der Waals surface area (Å²) in [4.78, 5) is 15.7. The van der Waals surface area contributed by atoms with Crippen molar-refractivity contribution in [3.63, 3.8) is 0 Å². The number of nitrogens with zero attached hydrogens (tertiary/aromatic N) is 2. The molecule has 0 saturated carbocycles. The molecule has 26 heavy (non-hydrogen) atoms. The van der Waals surface area contributed by atoms with Crippen molar-refractivity contribution in [1.82, 2.24) is 15.1 Å². The Morgan fingerprint density at radius 2 is 2.12 bits per heavy atom. The predicted molar refractivity (Wildman–Crippen MR) is 104 cm³/mol. The molecule has 0 radical (unpaired) electrons. The first kappa shape index (κ1) is 17.3. The number of aromatic nitrogens is 2. The zero-order valence-electron chi connectivity index (χ0n) is 14.0. The van der Waals surface area contributed by atoms with Gasteiger partial charge in [0.2, 0.25) is 0 Å². The summed E-state index contributed by atoms with van der Waals surface area (Å²) in [6.07, 6.45) is 0.736. The number of rotatable bonds is 3. The van der Waals surface area contributed by atoms with Crippen LogP contribution in [0, 0.1) is 5.82 Å². The number of carbonyl (C=O) groups is 1. The third-order valence-corrected chi connectivity index (χ3v) is 6.68. The van der Waals surface area contributed by atoms with Gasteiger partial charge in [0.1, 0.15) is 5.82 Å². The zero-order chi connectivity index (χ0) is 17.9. The van der Waals surface area contributed by atoms with Gasteiger partial charge in [0.25, 0.3) is 5.91 Å².